The van der Waals surface area contributed by atoms with E-state index in [-0.39, 0.29) is 16.9 Å². The molecule has 2 rings (SSSR count). The average molecular weight is 285 g/mol. The number of aromatic nitrogens is 1. The second kappa shape index (κ2) is 5.95. The van der Waals surface area contributed by atoms with E-state index in [0.717, 1.165) is 11.3 Å². The Hall–Kier alpha value is -2.36. The van der Waals surface area contributed by atoms with Crippen molar-refractivity contribution in [2.75, 3.05) is 0 Å². The maximum Gasteiger partial charge on any atom is 0.341 e. The average Bonchev–Trinajstić information content (AvgIpc) is 2.45. The Balaban J connectivity index is 2.29. The molecular weight excluding hydrogens is 266 g/mol. The Morgan fingerprint density at radius 3 is 2.38 bits per heavy atom. The molecule has 0 saturated heterocycles. The minimum Gasteiger partial charge on any atom is -0.477 e. The van der Waals surface area contributed by atoms with Crippen molar-refractivity contribution in [3.05, 3.63) is 59.3 Å². The largest absolute Gasteiger partial charge is 0.477 e. The Labute approximate surface area is 124 Å². The van der Waals surface area contributed by atoms with Gasteiger partial charge in [0.25, 0.3) is 0 Å². The molecule has 0 radical (unpaired) electrons. The fourth-order valence-corrected chi connectivity index (χ4v) is 1.86. The van der Waals surface area contributed by atoms with Crippen LogP contribution in [0.1, 0.15) is 42.4 Å². The van der Waals surface area contributed by atoms with Crippen LogP contribution in [0.2, 0.25) is 0 Å². The van der Waals surface area contributed by atoms with Crippen molar-refractivity contribution in [1.82, 2.24) is 4.98 Å². The van der Waals surface area contributed by atoms with Crippen LogP contribution in [-0.4, -0.2) is 16.1 Å². The SMILES string of the molecule is CC(C)(C)c1ccc(C(=O)O)c(OCc2ccccc2)n1. The van der Waals surface area contributed by atoms with Crippen LogP contribution in [0.25, 0.3) is 0 Å². The van der Waals surface area contributed by atoms with Crippen LogP contribution in [0.5, 0.6) is 5.88 Å². The van der Waals surface area contributed by atoms with E-state index in [1.165, 1.54) is 0 Å². The molecule has 0 fully saturated rings. The first-order chi connectivity index (χ1) is 9.88. The van der Waals surface area contributed by atoms with Gasteiger partial charge in [-0.2, -0.15) is 0 Å². The van der Waals surface area contributed by atoms with Gasteiger partial charge in [0.05, 0.1) is 0 Å². The van der Waals surface area contributed by atoms with Crippen molar-refractivity contribution in [3.8, 4) is 5.88 Å². The number of rotatable bonds is 4. The standard InChI is InChI=1S/C17H19NO3/c1-17(2,3)14-10-9-13(16(19)20)15(18-14)21-11-12-7-5-4-6-8-12/h4-10H,11H2,1-3H3,(H,19,20). The zero-order chi connectivity index (χ0) is 15.5. The monoisotopic (exact) mass is 285 g/mol. The molecule has 4 heteroatoms. The minimum atomic E-state index is -1.04. The van der Waals surface area contributed by atoms with Crippen molar-refractivity contribution < 1.29 is 14.6 Å². The van der Waals surface area contributed by atoms with Gasteiger partial charge >= 0.3 is 5.97 Å². The normalized spacial score (nSPS) is 11.2. The molecule has 0 amide bonds. The van der Waals surface area contributed by atoms with Crippen molar-refractivity contribution >= 4 is 5.97 Å². The van der Waals surface area contributed by atoms with E-state index < -0.39 is 5.97 Å². The molecule has 0 aliphatic heterocycles. The Morgan fingerprint density at radius 2 is 1.81 bits per heavy atom. The highest BCUT2D eigenvalue weighted by molar-refractivity contribution is 5.90. The first kappa shape index (κ1) is 15.0. The van der Waals surface area contributed by atoms with Crippen LogP contribution >= 0.6 is 0 Å². The summed E-state index contributed by atoms with van der Waals surface area (Å²) in [5, 5.41) is 9.24. The van der Waals surface area contributed by atoms with Crippen LogP contribution in [0, 0.1) is 0 Å². The third-order valence-electron chi connectivity index (χ3n) is 3.08. The molecular formula is C17H19NO3. The van der Waals surface area contributed by atoms with Crippen molar-refractivity contribution in [3.63, 3.8) is 0 Å². The van der Waals surface area contributed by atoms with Gasteiger partial charge in [0.1, 0.15) is 12.2 Å². The molecule has 0 atom stereocenters. The summed E-state index contributed by atoms with van der Waals surface area (Å²) in [5.74, 6) is -0.871. The van der Waals surface area contributed by atoms with Crippen molar-refractivity contribution in [1.29, 1.82) is 0 Å². The first-order valence-corrected chi connectivity index (χ1v) is 6.79. The number of carboxylic acids is 1. The molecule has 0 saturated carbocycles. The van der Waals surface area contributed by atoms with E-state index in [9.17, 15) is 9.90 Å². The highest BCUT2D eigenvalue weighted by atomic mass is 16.5. The highest BCUT2D eigenvalue weighted by Crippen LogP contribution is 2.25. The lowest BCUT2D eigenvalue weighted by molar-refractivity contribution is 0.0690. The van der Waals surface area contributed by atoms with Crippen LogP contribution < -0.4 is 4.74 Å². The molecule has 0 spiro atoms. The lowest BCUT2D eigenvalue weighted by atomic mass is 9.91. The summed E-state index contributed by atoms with van der Waals surface area (Å²) < 4.78 is 5.63. The van der Waals surface area contributed by atoms with Gasteiger partial charge in [-0.1, -0.05) is 51.1 Å². The van der Waals surface area contributed by atoms with E-state index in [4.69, 9.17) is 4.74 Å². The molecule has 0 aliphatic rings. The summed E-state index contributed by atoms with van der Waals surface area (Å²) in [6, 6.07) is 12.9. The summed E-state index contributed by atoms with van der Waals surface area (Å²) in [6.07, 6.45) is 0. The number of benzene rings is 1. The molecule has 21 heavy (non-hydrogen) atoms. The summed E-state index contributed by atoms with van der Waals surface area (Å²) >= 11 is 0. The van der Waals surface area contributed by atoms with Crippen LogP contribution in [0.4, 0.5) is 0 Å². The Bertz CT molecular complexity index is 630. The maximum absolute atomic E-state index is 11.3. The number of aromatic carboxylic acids is 1. The van der Waals surface area contributed by atoms with Gasteiger partial charge in [0, 0.05) is 11.1 Å². The molecule has 1 N–H and O–H groups in total. The Kier molecular flexibility index (Phi) is 4.26. The van der Waals surface area contributed by atoms with Crippen LogP contribution in [0.15, 0.2) is 42.5 Å². The molecule has 0 aliphatic carbocycles. The number of ether oxygens (including phenoxy) is 1. The Morgan fingerprint density at radius 1 is 1.14 bits per heavy atom. The van der Waals surface area contributed by atoms with Gasteiger partial charge in [0.15, 0.2) is 0 Å². The summed E-state index contributed by atoms with van der Waals surface area (Å²) in [6.45, 7) is 6.37. The molecule has 1 aromatic heterocycles. The van der Waals surface area contributed by atoms with Crippen molar-refractivity contribution in [2.45, 2.75) is 32.8 Å². The van der Waals surface area contributed by atoms with Gasteiger partial charge in [-0.3, -0.25) is 0 Å². The van der Waals surface area contributed by atoms with E-state index in [1.54, 1.807) is 12.1 Å². The van der Waals surface area contributed by atoms with E-state index in [0.29, 0.717) is 6.61 Å². The van der Waals surface area contributed by atoms with E-state index in [2.05, 4.69) is 4.98 Å². The van der Waals surface area contributed by atoms with Gasteiger partial charge in [0.2, 0.25) is 5.88 Å². The number of pyridine rings is 1. The highest BCUT2D eigenvalue weighted by Gasteiger charge is 2.20. The second-order valence-electron chi connectivity index (χ2n) is 5.88. The smallest absolute Gasteiger partial charge is 0.341 e. The fraction of sp³-hybridized carbons (Fsp3) is 0.294. The zero-order valence-corrected chi connectivity index (χ0v) is 12.5. The predicted molar refractivity (Wildman–Crippen MR) is 80.7 cm³/mol. The molecule has 4 nitrogen and oxygen atoms in total. The summed E-state index contributed by atoms with van der Waals surface area (Å²) in [7, 11) is 0. The third kappa shape index (κ3) is 3.81. The van der Waals surface area contributed by atoms with E-state index >= 15 is 0 Å². The maximum atomic E-state index is 11.3. The van der Waals surface area contributed by atoms with Gasteiger partial charge in [-0.05, 0) is 17.7 Å². The number of carbonyl (C=O) groups is 1. The zero-order valence-electron chi connectivity index (χ0n) is 12.5. The molecule has 1 aromatic carbocycles. The minimum absolute atomic E-state index is 0.0823. The molecule has 0 unspecified atom stereocenters. The lowest BCUT2D eigenvalue weighted by Crippen LogP contribution is -2.16. The van der Waals surface area contributed by atoms with Crippen molar-refractivity contribution in [2.24, 2.45) is 0 Å². The lowest BCUT2D eigenvalue weighted by Gasteiger charge is -2.19. The number of carboxylic acid groups (broad SMARTS) is 1. The second-order valence-corrected chi connectivity index (χ2v) is 5.88. The fourth-order valence-electron chi connectivity index (χ4n) is 1.86. The van der Waals surface area contributed by atoms with Gasteiger partial charge in [-0.15, -0.1) is 0 Å². The van der Waals surface area contributed by atoms with Crippen LogP contribution in [0.3, 0.4) is 0 Å². The number of nitrogens with zero attached hydrogens (tertiary/aromatic N) is 1. The van der Waals surface area contributed by atoms with E-state index in [1.807, 2.05) is 51.1 Å². The summed E-state index contributed by atoms with van der Waals surface area (Å²) in [5.41, 5.74) is 1.69. The number of hydrogen-bond acceptors (Lipinski definition) is 3. The molecule has 2 aromatic rings. The molecule has 0 bridgehead atoms. The van der Waals surface area contributed by atoms with Gasteiger partial charge < -0.3 is 9.84 Å². The van der Waals surface area contributed by atoms with Gasteiger partial charge in [-0.25, -0.2) is 9.78 Å². The first-order valence-electron chi connectivity index (χ1n) is 6.79. The molecule has 110 valence electrons. The predicted octanol–water partition coefficient (Wildman–Crippen LogP) is 3.66. The summed E-state index contributed by atoms with van der Waals surface area (Å²) in [4.78, 5) is 15.7. The topological polar surface area (TPSA) is 59.4 Å². The molecule has 1 heterocycles. The third-order valence-corrected chi connectivity index (χ3v) is 3.08. The number of hydrogen-bond donors (Lipinski definition) is 1. The quantitative estimate of drug-likeness (QED) is 0.931. The van der Waals surface area contributed by atoms with Crippen LogP contribution in [-0.2, 0) is 12.0 Å².